The van der Waals surface area contributed by atoms with E-state index in [1.165, 1.54) is 0 Å². The molecule has 0 saturated heterocycles. The molecule has 2 unspecified atom stereocenters. The van der Waals surface area contributed by atoms with Gasteiger partial charge in [-0.1, -0.05) is 0 Å². The Labute approximate surface area is 77.6 Å². The molecule has 0 aliphatic heterocycles. The Morgan fingerprint density at radius 3 is 1.55 bits per heavy atom. The third kappa shape index (κ3) is 4.92. The highest BCUT2D eigenvalue weighted by Gasteiger charge is 2.12. The molecule has 5 heteroatoms. The molecule has 68 valence electrons. The van der Waals surface area contributed by atoms with Gasteiger partial charge in [-0.2, -0.15) is 25.3 Å². The Kier molecular flexibility index (Phi) is 7.62. The number of hydrogen-bond donors (Lipinski definition) is 4. The first kappa shape index (κ1) is 11.6. The highest BCUT2D eigenvalue weighted by Crippen LogP contribution is 2.01. The van der Waals surface area contributed by atoms with E-state index in [-0.39, 0.29) is 25.4 Å². The molecule has 0 radical (unpaired) electrons. The predicted molar refractivity (Wildman–Crippen MR) is 50.5 cm³/mol. The van der Waals surface area contributed by atoms with E-state index in [2.05, 4.69) is 25.3 Å². The number of rotatable bonds is 6. The molecule has 2 N–H and O–H groups in total. The maximum Gasteiger partial charge on any atom is 0.0898 e. The van der Waals surface area contributed by atoms with Crippen LogP contribution in [0.25, 0.3) is 0 Å². The summed E-state index contributed by atoms with van der Waals surface area (Å²) in [6, 6.07) is 0. The first-order valence-electron chi connectivity index (χ1n) is 3.37. The van der Waals surface area contributed by atoms with Crippen LogP contribution >= 0.6 is 25.3 Å². The molecular formula is C6H14O3S2. The summed E-state index contributed by atoms with van der Waals surface area (Å²) >= 11 is 7.91. The van der Waals surface area contributed by atoms with E-state index in [1.54, 1.807) is 0 Å². The fourth-order valence-electron chi connectivity index (χ4n) is 0.560. The van der Waals surface area contributed by atoms with Crippen LogP contribution in [0.4, 0.5) is 0 Å². The van der Waals surface area contributed by atoms with Gasteiger partial charge in [-0.3, -0.25) is 0 Å². The fraction of sp³-hybridized carbons (Fsp3) is 1.00. The fourth-order valence-corrected chi connectivity index (χ4v) is 0.963. The number of thiol groups is 2. The standard InChI is InChI=1S/C6H14O3S2/c7-1-5(3-10)9-6(2-8)4-11/h5-8,10-11H,1-4H2. The Morgan fingerprint density at radius 2 is 1.36 bits per heavy atom. The monoisotopic (exact) mass is 198 g/mol. The minimum atomic E-state index is -0.303. The maximum atomic E-state index is 8.69. The van der Waals surface area contributed by atoms with Crippen LogP contribution in [-0.4, -0.2) is 47.1 Å². The van der Waals surface area contributed by atoms with Crippen LogP contribution in [-0.2, 0) is 4.74 Å². The van der Waals surface area contributed by atoms with Crippen molar-refractivity contribution in [2.75, 3.05) is 24.7 Å². The molecule has 0 aromatic heterocycles. The molecule has 11 heavy (non-hydrogen) atoms. The molecule has 2 atom stereocenters. The number of ether oxygens (including phenoxy) is 1. The third-order valence-corrected chi connectivity index (χ3v) is 2.01. The van der Waals surface area contributed by atoms with Gasteiger partial charge in [0.25, 0.3) is 0 Å². The van der Waals surface area contributed by atoms with Crippen LogP contribution in [0.1, 0.15) is 0 Å². The lowest BCUT2D eigenvalue weighted by molar-refractivity contribution is -0.0375. The predicted octanol–water partition coefficient (Wildman–Crippen LogP) is -0.416. The molecule has 0 rings (SSSR count). The molecule has 0 aliphatic carbocycles. The highest BCUT2D eigenvalue weighted by molar-refractivity contribution is 7.80. The van der Waals surface area contributed by atoms with Crippen molar-refractivity contribution in [3.8, 4) is 0 Å². The Hall–Kier alpha value is 0.580. The van der Waals surface area contributed by atoms with Gasteiger partial charge in [-0.15, -0.1) is 0 Å². The summed E-state index contributed by atoms with van der Waals surface area (Å²) in [6.07, 6.45) is -0.606. The van der Waals surface area contributed by atoms with Gasteiger partial charge in [0.15, 0.2) is 0 Å². The minimum Gasteiger partial charge on any atom is -0.394 e. The summed E-state index contributed by atoms with van der Waals surface area (Å²) in [5.41, 5.74) is 0. The molecule has 0 heterocycles. The molecule has 0 spiro atoms. The Balaban J connectivity index is 3.58. The van der Waals surface area contributed by atoms with Gasteiger partial charge in [0.2, 0.25) is 0 Å². The Bertz CT molecular complexity index is 73.9. The lowest BCUT2D eigenvalue weighted by Gasteiger charge is -2.18. The van der Waals surface area contributed by atoms with Crippen LogP contribution in [0.5, 0.6) is 0 Å². The van der Waals surface area contributed by atoms with Crippen LogP contribution < -0.4 is 0 Å². The van der Waals surface area contributed by atoms with E-state index in [1.807, 2.05) is 0 Å². The van der Waals surface area contributed by atoms with E-state index in [0.717, 1.165) is 0 Å². The van der Waals surface area contributed by atoms with E-state index in [4.69, 9.17) is 14.9 Å². The largest absolute Gasteiger partial charge is 0.394 e. The van der Waals surface area contributed by atoms with E-state index < -0.39 is 0 Å². The zero-order chi connectivity index (χ0) is 8.69. The minimum absolute atomic E-state index is 0.0756. The average molecular weight is 198 g/mol. The van der Waals surface area contributed by atoms with Crippen molar-refractivity contribution in [2.24, 2.45) is 0 Å². The van der Waals surface area contributed by atoms with Crippen LogP contribution in [0.2, 0.25) is 0 Å². The second-order valence-corrected chi connectivity index (χ2v) is 2.84. The number of hydrogen-bond acceptors (Lipinski definition) is 5. The summed E-state index contributed by atoms with van der Waals surface area (Å²) in [5.74, 6) is 0.890. The van der Waals surface area contributed by atoms with Crippen molar-refractivity contribution < 1.29 is 14.9 Å². The second kappa shape index (κ2) is 7.24. The summed E-state index contributed by atoms with van der Waals surface area (Å²) < 4.78 is 5.19. The Morgan fingerprint density at radius 1 is 1.00 bits per heavy atom. The normalized spacial score (nSPS) is 16.4. The average Bonchev–Trinajstić information content (AvgIpc) is 2.07. The van der Waals surface area contributed by atoms with Crippen molar-refractivity contribution in [1.29, 1.82) is 0 Å². The van der Waals surface area contributed by atoms with Gasteiger partial charge < -0.3 is 14.9 Å². The van der Waals surface area contributed by atoms with E-state index in [0.29, 0.717) is 11.5 Å². The lowest BCUT2D eigenvalue weighted by Crippen LogP contribution is -2.30. The zero-order valence-electron chi connectivity index (χ0n) is 6.18. The van der Waals surface area contributed by atoms with Crippen LogP contribution in [0.15, 0.2) is 0 Å². The summed E-state index contributed by atoms with van der Waals surface area (Å²) in [6.45, 7) is -0.151. The summed E-state index contributed by atoms with van der Waals surface area (Å²) in [5, 5.41) is 17.4. The smallest absolute Gasteiger partial charge is 0.0898 e. The summed E-state index contributed by atoms with van der Waals surface area (Å²) in [4.78, 5) is 0. The first-order valence-corrected chi connectivity index (χ1v) is 4.63. The molecule has 0 saturated carbocycles. The van der Waals surface area contributed by atoms with Gasteiger partial charge in [0.05, 0.1) is 25.4 Å². The molecule has 0 bridgehead atoms. The molecule has 0 aromatic carbocycles. The molecule has 0 amide bonds. The van der Waals surface area contributed by atoms with Gasteiger partial charge in [-0.05, 0) is 0 Å². The van der Waals surface area contributed by atoms with Crippen molar-refractivity contribution in [3.05, 3.63) is 0 Å². The lowest BCUT2D eigenvalue weighted by atomic mass is 10.4. The molecule has 3 nitrogen and oxygen atoms in total. The van der Waals surface area contributed by atoms with Gasteiger partial charge in [0, 0.05) is 11.5 Å². The molecular weight excluding hydrogens is 184 g/mol. The van der Waals surface area contributed by atoms with Crippen molar-refractivity contribution in [1.82, 2.24) is 0 Å². The highest BCUT2D eigenvalue weighted by atomic mass is 32.1. The molecule has 0 aliphatic rings. The number of aliphatic hydroxyl groups excluding tert-OH is 2. The van der Waals surface area contributed by atoms with Crippen LogP contribution in [0, 0.1) is 0 Å². The van der Waals surface area contributed by atoms with Gasteiger partial charge in [0.1, 0.15) is 0 Å². The van der Waals surface area contributed by atoms with Crippen molar-refractivity contribution >= 4 is 25.3 Å². The quantitative estimate of drug-likeness (QED) is 0.439. The van der Waals surface area contributed by atoms with Gasteiger partial charge >= 0.3 is 0 Å². The number of aliphatic hydroxyl groups is 2. The van der Waals surface area contributed by atoms with E-state index in [9.17, 15) is 0 Å². The van der Waals surface area contributed by atoms with Crippen LogP contribution in [0.3, 0.4) is 0 Å². The molecule has 0 aromatic rings. The third-order valence-electron chi connectivity index (χ3n) is 1.20. The topological polar surface area (TPSA) is 49.7 Å². The van der Waals surface area contributed by atoms with Gasteiger partial charge in [-0.25, -0.2) is 0 Å². The summed E-state index contributed by atoms with van der Waals surface area (Å²) in [7, 11) is 0. The molecule has 0 fully saturated rings. The SMILES string of the molecule is OCC(CS)OC(CO)CS. The van der Waals surface area contributed by atoms with E-state index >= 15 is 0 Å². The zero-order valence-corrected chi connectivity index (χ0v) is 7.97. The maximum absolute atomic E-state index is 8.69. The van der Waals surface area contributed by atoms with Crippen molar-refractivity contribution in [2.45, 2.75) is 12.2 Å². The van der Waals surface area contributed by atoms with Crippen molar-refractivity contribution in [3.63, 3.8) is 0 Å². The second-order valence-electron chi connectivity index (χ2n) is 2.11. The first-order chi connectivity index (χ1) is 5.28.